The van der Waals surface area contributed by atoms with Gasteiger partial charge in [0.25, 0.3) is 0 Å². The van der Waals surface area contributed by atoms with Crippen molar-refractivity contribution < 1.29 is 14.3 Å². The molecule has 0 aliphatic heterocycles. The van der Waals surface area contributed by atoms with Gasteiger partial charge in [-0.05, 0) is 31.1 Å². The van der Waals surface area contributed by atoms with Crippen LogP contribution in [0, 0.1) is 5.92 Å². The zero-order valence-corrected chi connectivity index (χ0v) is 11.5. The monoisotopic (exact) mass is 273 g/mol. The molecule has 20 heavy (non-hydrogen) atoms. The summed E-state index contributed by atoms with van der Waals surface area (Å²) < 4.78 is 4.98. The second-order valence-electron chi connectivity index (χ2n) is 5.00. The highest BCUT2D eigenvalue weighted by Crippen LogP contribution is 2.24. The molecular weight excluding hydrogens is 254 g/mol. The van der Waals surface area contributed by atoms with Crippen molar-refractivity contribution in [3.8, 4) is 0 Å². The van der Waals surface area contributed by atoms with E-state index >= 15 is 0 Å². The highest BCUT2D eigenvalue weighted by atomic mass is 16.5. The van der Waals surface area contributed by atoms with Crippen molar-refractivity contribution in [2.45, 2.75) is 32.1 Å². The minimum Gasteiger partial charge on any atom is -0.455 e. The Morgan fingerprint density at radius 2 is 2.05 bits per heavy atom. The standard InChI is InChI=1S/C16H19NO3/c18-15(13-6-2-1-3-7-13)12-20-16(19)10-9-14-8-4-5-11-17-14/h4-5,8-11,13H,1-3,6-7,12H2/b10-9+. The number of aromatic nitrogens is 1. The summed E-state index contributed by atoms with van der Waals surface area (Å²) in [7, 11) is 0. The molecule has 106 valence electrons. The number of nitrogens with zero attached hydrogens (tertiary/aromatic N) is 1. The van der Waals surface area contributed by atoms with Crippen LogP contribution in [-0.4, -0.2) is 23.3 Å². The lowest BCUT2D eigenvalue weighted by atomic mass is 9.86. The Hall–Kier alpha value is -1.97. The summed E-state index contributed by atoms with van der Waals surface area (Å²) in [5.74, 6) is -0.375. The third kappa shape index (κ3) is 4.61. The van der Waals surface area contributed by atoms with Crippen LogP contribution >= 0.6 is 0 Å². The van der Waals surface area contributed by atoms with Crippen molar-refractivity contribution in [1.29, 1.82) is 0 Å². The van der Waals surface area contributed by atoms with Gasteiger partial charge in [-0.15, -0.1) is 0 Å². The lowest BCUT2D eigenvalue weighted by Gasteiger charge is -2.19. The number of carbonyl (C=O) groups is 2. The number of hydrogen-bond acceptors (Lipinski definition) is 4. The fourth-order valence-electron chi connectivity index (χ4n) is 2.36. The molecule has 1 aliphatic carbocycles. The molecule has 0 unspecified atom stereocenters. The molecule has 0 aromatic carbocycles. The minimum absolute atomic E-state index is 0.0456. The van der Waals surface area contributed by atoms with Crippen molar-refractivity contribution >= 4 is 17.8 Å². The second kappa shape index (κ2) is 7.58. The van der Waals surface area contributed by atoms with Gasteiger partial charge in [0.05, 0.1) is 5.69 Å². The van der Waals surface area contributed by atoms with Crippen LogP contribution in [-0.2, 0) is 14.3 Å². The SMILES string of the molecule is O=C(/C=C/c1ccccn1)OCC(=O)C1CCCCC1. The molecule has 2 rings (SSSR count). The average Bonchev–Trinajstić information content (AvgIpc) is 2.52. The molecular formula is C16H19NO3. The number of rotatable bonds is 5. The van der Waals surface area contributed by atoms with Crippen molar-refractivity contribution in [1.82, 2.24) is 4.98 Å². The van der Waals surface area contributed by atoms with E-state index in [4.69, 9.17) is 4.74 Å². The van der Waals surface area contributed by atoms with E-state index in [9.17, 15) is 9.59 Å². The largest absolute Gasteiger partial charge is 0.455 e. The van der Waals surface area contributed by atoms with E-state index in [-0.39, 0.29) is 18.3 Å². The highest BCUT2D eigenvalue weighted by molar-refractivity contribution is 5.90. The molecule has 1 aromatic rings. The third-order valence-electron chi connectivity index (χ3n) is 3.50. The minimum atomic E-state index is -0.500. The van der Waals surface area contributed by atoms with Crippen molar-refractivity contribution in [2.75, 3.05) is 6.61 Å². The number of carbonyl (C=O) groups excluding carboxylic acids is 2. The molecule has 1 fully saturated rings. The van der Waals surface area contributed by atoms with E-state index < -0.39 is 5.97 Å². The van der Waals surface area contributed by atoms with Gasteiger partial charge in [-0.1, -0.05) is 25.3 Å². The van der Waals surface area contributed by atoms with Crippen molar-refractivity contribution in [3.05, 3.63) is 36.2 Å². The van der Waals surface area contributed by atoms with Gasteiger partial charge in [-0.25, -0.2) is 4.79 Å². The normalized spacial score (nSPS) is 16.2. The van der Waals surface area contributed by atoms with Crippen LogP contribution in [0.15, 0.2) is 30.5 Å². The van der Waals surface area contributed by atoms with Gasteiger partial charge < -0.3 is 4.74 Å². The Morgan fingerprint density at radius 3 is 2.75 bits per heavy atom. The zero-order chi connectivity index (χ0) is 14.2. The molecule has 1 aromatic heterocycles. The van der Waals surface area contributed by atoms with E-state index in [2.05, 4.69) is 4.98 Å². The van der Waals surface area contributed by atoms with Crippen molar-refractivity contribution in [3.63, 3.8) is 0 Å². The summed E-state index contributed by atoms with van der Waals surface area (Å²) in [6.45, 7) is -0.115. The summed E-state index contributed by atoms with van der Waals surface area (Å²) in [6, 6.07) is 5.43. The predicted molar refractivity (Wildman–Crippen MR) is 75.8 cm³/mol. The van der Waals surface area contributed by atoms with E-state index in [1.165, 1.54) is 12.5 Å². The molecule has 1 saturated carbocycles. The van der Waals surface area contributed by atoms with Gasteiger partial charge in [0.1, 0.15) is 0 Å². The van der Waals surface area contributed by atoms with Gasteiger partial charge >= 0.3 is 5.97 Å². The summed E-state index contributed by atoms with van der Waals surface area (Å²) >= 11 is 0. The fraction of sp³-hybridized carbons (Fsp3) is 0.438. The maximum atomic E-state index is 11.9. The lowest BCUT2D eigenvalue weighted by molar-refractivity contribution is -0.144. The molecule has 0 N–H and O–H groups in total. The summed E-state index contributed by atoms with van der Waals surface area (Å²) in [5.41, 5.74) is 0.683. The molecule has 4 nitrogen and oxygen atoms in total. The molecule has 0 radical (unpaired) electrons. The number of pyridine rings is 1. The summed E-state index contributed by atoms with van der Waals surface area (Å²) in [6.07, 6.45) is 9.80. The second-order valence-corrected chi connectivity index (χ2v) is 5.00. The molecule has 1 aliphatic rings. The molecule has 0 spiro atoms. The highest BCUT2D eigenvalue weighted by Gasteiger charge is 2.21. The fourth-order valence-corrected chi connectivity index (χ4v) is 2.36. The summed E-state index contributed by atoms with van der Waals surface area (Å²) in [4.78, 5) is 27.4. The first-order valence-corrected chi connectivity index (χ1v) is 7.04. The smallest absolute Gasteiger partial charge is 0.331 e. The molecule has 0 atom stereocenters. The molecule has 0 saturated heterocycles. The number of Topliss-reactive ketones (excluding diaryl/α,β-unsaturated/α-hetero) is 1. The third-order valence-corrected chi connectivity index (χ3v) is 3.50. The first-order valence-electron chi connectivity index (χ1n) is 7.04. The van der Waals surface area contributed by atoms with E-state index in [0.29, 0.717) is 5.69 Å². The Balaban J connectivity index is 1.74. The maximum Gasteiger partial charge on any atom is 0.331 e. The van der Waals surface area contributed by atoms with Crippen LogP contribution in [0.3, 0.4) is 0 Å². The Labute approximate surface area is 118 Å². The first-order chi connectivity index (χ1) is 9.75. The van der Waals surface area contributed by atoms with Gasteiger partial charge in [0, 0.05) is 18.2 Å². The van der Waals surface area contributed by atoms with Crippen molar-refractivity contribution in [2.24, 2.45) is 5.92 Å². The number of esters is 1. The molecule has 4 heteroatoms. The number of ether oxygens (including phenoxy) is 1. The maximum absolute atomic E-state index is 11.9. The topological polar surface area (TPSA) is 56.3 Å². The Bertz CT molecular complexity index is 476. The van der Waals surface area contributed by atoms with E-state index in [0.717, 1.165) is 25.7 Å². The number of ketones is 1. The lowest BCUT2D eigenvalue weighted by Crippen LogP contribution is -2.23. The number of hydrogen-bond donors (Lipinski definition) is 0. The predicted octanol–water partition coefficient (Wildman–Crippen LogP) is 2.79. The van der Waals surface area contributed by atoms with Crippen LogP contribution in [0.25, 0.3) is 6.08 Å². The van der Waals surface area contributed by atoms with Crippen LogP contribution in [0.4, 0.5) is 0 Å². The Kier molecular flexibility index (Phi) is 5.47. The van der Waals surface area contributed by atoms with E-state index in [1.807, 2.05) is 6.07 Å². The van der Waals surface area contributed by atoms with Gasteiger partial charge in [-0.2, -0.15) is 0 Å². The van der Waals surface area contributed by atoms with Crippen LogP contribution in [0.5, 0.6) is 0 Å². The first kappa shape index (κ1) is 14.4. The summed E-state index contributed by atoms with van der Waals surface area (Å²) in [5, 5.41) is 0. The van der Waals surface area contributed by atoms with Gasteiger partial charge in [-0.3, -0.25) is 9.78 Å². The Morgan fingerprint density at radius 1 is 1.25 bits per heavy atom. The van der Waals surface area contributed by atoms with Crippen LogP contribution in [0.1, 0.15) is 37.8 Å². The molecule has 1 heterocycles. The van der Waals surface area contributed by atoms with Crippen LogP contribution in [0.2, 0.25) is 0 Å². The van der Waals surface area contributed by atoms with Gasteiger partial charge in [0.15, 0.2) is 12.4 Å². The zero-order valence-electron chi connectivity index (χ0n) is 11.5. The quantitative estimate of drug-likeness (QED) is 0.611. The van der Waals surface area contributed by atoms with E-state index in [1.54, 1.807) is 24.4 Å². The average molecular weight is 273 g/mol. The van der Waals surface area contributed by atoms with Gasteiger partial charge in [0.2, 0.25) is 0 Å². The van der Waals surface area contributed by atoms with Crippen LogP contribution < -0.4 is 0 Å². The molecule has 0 bridgehead atoms. The molecule has 0 amide bonds.